The minimum atomic E-state index is 0.606. The van der Waals surface area contributed by atoms with E-state index < -0.39 is 0 Å². The molecule has 2 heterocycles. The third-order valence-electron chi connectivity index (χ3n) is 9.26. The number of para-hydroxylation sites is 1. The number of benzene rings is 7. The van der Waals surface area contributed by atoms with Crippen molar-refractivity contribution in [2.75, 3.05) is 0 Å². The topological polar surface area (TPSA) is 51.8 Å². The first-order valence-corrected chi connectivity index (χ1v) is 15.8. The first-order chi connectivity index (χ1) is 23.3. The van der Waals surface area contributed by atoms with Crippen molar-refractivity contribution < 1.29 is 4.42 Å². The first kappa shape index (κ1) is 25.9. The average Bonchev–Trinajstić information content (AvgIpc) is 3.69. The van der Waals surface area contributed by atoms with Crippen LogP contribution in [0.25, 0.3) is 100 Å². The Morgan fingerprint density at radius 3 is 1.70 bits per heavy atom. The molecule has 0 fully saturated rings. The normalized spacial score (nSPS) is 11.8. The van der Waals surface area contributed by atoms with Crippen LogP contribution >= 0.6 is 0 Å². The summed E-state index contributed by atoms with van der Waals surface area (Å²) >= 11 is 0. The Labute approximate surface area is 270 Å². The predicted octanol–water partition coefficient (Wildman–Crippen LogP) is 11.2. The molecule has 10 rings (SSSR count). The number of nitrogens with zero attached hydrogens (tertiary/aromatic N) is 3. The SMILES string of the molecule is c1ccc(-c2nc(-c3ccccc3)nc(-c3cc(-c4cccc5c4-c4cccc6cccc-5c46)cc4oc5ccccc5c34)n2)cc1. The van der Waals surface area contributed by atoms with Crippen molar-refractivity contribution in [3.8, 4) is 67.5 Å². The fourth-order valence-corrected chi connectivity index (χ4v) is 7.20. The molecule has 0 amide bonds. The zero-order valence-electron chi connectivity index (χ0n) is 25.2. The van der Waals surface area contributed by atoms with Gasteiger partial charge in [-0.05, 0) is 62.4 Å². The lowest BCUT2D eigenvalue weighted by Gasteiger charge is -2.13. The van der Waals surface area contributed by atoms with Crippen LogP contribution in [0.3, 0.4) is 0 Å². The van der Waals surface area contributed by atoms with Crippen LogP contribution in [0.15, 0.2) is 156 Å². The molecule has 0 radical (unpaired) electrons. The summed E-state index contributed by atoms with van der Waals surface area (Å²) in [4.78, 5) is 15.2. The van der Waals surface area contributed by atoms with Crippen molar-refractivity contribution in [1.29, 1.82) is 0 Å². The maximum absolute atomic E-state index is 6.57. The van der Waals surface area contributed by atoms with E-state index in [1.165, 1.54) is 33.0 Å². The van der Waals surface area contributed by atoms with Gasteiger partial charge in [0.2, 0.25) is 0 Å². The number of hydrogen-bond acceptors (Lipinski definition) is 4. The van der Waals surface area contributed by atoms with Crippen molar-refractivity contribution in [2.24, 2.45) is 0 Å². The van der Waals surface area contributed by atoms with E-state index in [4.69, 9.17) is 19.4 Å². The second-order valence-electron chi connectivity index (χ2n) is 12.0. The number of hydrogen-bond donors (Lipinski definition) is 0. The summed E-state index contributed by atoms with van der Waals surface area (Å²) in [5.41, 5.74) is 11.6. The van der Waals surface area contributed by atoms with Gasteiger partial charge in [0.15, 0.2) is 17.5 Å². The van der Waals surface area contributed by atoms with Crippen LogP contribution in [0.1, 0.15) is 0 Å². The second-order valence-corrected chi connectivity index (χ2v) is 12.0. The van der Waals surface area contributed by atoms with E-state index >= 15 is 0 Å². The Morgan fingerprint density at radius 1 is 0.362 bits per heavy atom. The quantitative estimate of drug-likeness (QED) is 0.202. The Balaban J connectivity index is 1.28. The van der Waals surface area contributed by atoms with Gasteiger partial charge in [-0.2, -0.15) is 0 Å². The third-order valence-corrected chi connectivity index (χ3v) is 9.26. The molecule has 9 aromatic rings. The van der Waals surface area contributed by atoms with Gasteiger partial charge in [-0.3, -0.25) is 0 Å². The van der Waals surface area contributed by atoms with Gasteiger partial charge in [0.05, 0.1) is 0 Å². The molecular formula is C43H25N3O. The lowest BCUT2D eigenvalue weighted by Crippen LogP contribution is -2.00. The molecule has 0 spiro atoms. The van der Waals surface area contributed by atoms with Crippen molar-refractivity contribution in [3.05, 3.63) is 152 Å². The highest BCUT2D eigenvalue weighted by Crippen LogP contribution is 2.51. The van der Waals surface area contributed by atoms with E-state index in [1.54, 1.807) is 0 Å². The van der Waals surface area contributed by atoms with Crippen LogP contribution in [-0.4, -0.2) is 15.0 Å². The van der Waals surface area contributed by atoms with Crippen molar-refractivity contribution in [1.82, 2.24) is 15.0 Å². The molecule has 0 saturated carbocycles. The van der Waals surface area contributed by atoms with Crippen molar-refractivity contribution in [3.63, 3.8) is 0 Å². The molecular weight excluding hydrogens is 574 g/mol. The second kappa shape index (κ2) is 10.1. The van der Waals surface area contributed by atoms with Crippen LogP contribution in [0.4, 0.5) is 0 Å². The Morgan fingerprint density at radius 2 is 0.957 bits per heavy atom. The molecule has 1 aliphatic carbocycles. The van der Waals surface area contributed by atoms with Crippen LogP contribution in [0.2, 0.25) is 0 Å². The van der Waals surface area contributed by atoms with E-state index in [-0.39, 0.29) is 0 Å². The van der Waals surface area contributed by atoms with E-state index in [0.717, 1.165) is 49.8 Å². The van der Waals surface area contributed by atoms with Gasteiger partial charge < -0.3 is 4.42 Å². The standard InChI is InChI=1S/C43H25N3O/c1-3-12-27(13-4-1)41-44-42(28-14-5-2-6-15-28)46-43(45-41)35-24-29(25-37-40(35)33-18-7-8-23-36(33)47-37)30-19-11-21-32-31-20-9-16-26-17-10-22-34(38(26)31)39(30)32/h1-25H. The van der Waals surface area contributed by atoms with Gasteiger partial charge in [0.25, 0.3) is 0 Å². The summed E-state index contributed by atoms with van der Waals surface area (Å²) in [6.45, 7) is 0. The summed E-state index contributed by atoms with van der Waals surface area (Å²) in [6, 6.07) is 52.6. The van der Waals surface area contributed by atoms with Gasteiger partial charge in [-0.15, -0.1) is 0 Å². The maximum atomic E-state index is 6.57. The fraction of sp³-hybridized carbons (Fsp3) is 0. The summed E-state index contributed by atoms with van der Waals surface area (Å²) in [5.74, 6) is 1.86. The lowest BCUT2D eigenvalue weighted by molar-refractivity contribution is 0.669. The number of aromatic nitrogens is 3. The maximum Gasteiger partial charge on any atom is 0.164 e. The fourth-order valence-electron chi connectivity index (χ4n) is 7.20. The van der Waals surface area contributed by atoms with Gasteiger partial charge in [-0.1, -0.05) is 133 Å². The van der Waals surface area contributed by atoms with Crippen LogP contribution in [0.5, 0.6) is 0 Å². The van der Waals surface area contributed by atoms with Gasteiger partial charge >= 0.3 is 0 Å². The minimum Gasteiger partial charge on any atom is -0.456 e. The molecule has 2 aromatic heterocycles. The molecule has 0 unspecified atom stereocenters. The highest BCUT2D eigenvalue weighted by atomic mass is 16.3. The predicted molar refractivity (Wildman–Crippen MR) is 191 cm³/mol. The average molecular weight is 600 g/mol. The van der Waals surface area contributed by atoms with Crippen molar-refractivity contribution in [2.45, 2.75) is 0 Å². The Bertz CT molecular complexity index is 2610. The Kier molecular flexibility index (Phi) is 5.54. The summed E-state index contributed by atoms with van der Waals surface area (Å²) < 4.78 is 6.57. The van der Waals surface area contributed by atoms with Crippen LogP contribution in [-0.2, 0) is 0 Å². The molecule has 47 heavy (non-hydrogen) atoms. The molecule has 7 aromatic carbocycles. The zero-order chi connectivity index (χ0) is 30.9. The number of fused-ring (bicyclic) bond motifs is 6. The molecule has 1 aliphatic rings. The smallest absolute Gasteiger partial charge is 0.164 e. The van der Waals surface area contributed by atoms with E-state index in [0.29, 0.717) is 17.5 Å². The monoisotopic (exact) mass is 599 g/mol. The van der Waals surface area contributed by atoms with Gasteiger partial charge in [0.1, 0.15) is 11.2 Å². The first-order valence-electron chi connectivity index (χ1n) is 15.8. The molecule has 218 valence electrons. The van der Waals surface area contributed by atoms with Crippen molar-refractivity contribution >= 4 is 32.7 Å². The molecule has 4 nitrogen and oxygen atoms in total. The zero-order valence-corrected chi connectivity index (χ0v) is 25.2. The van der Waals surface area contributed by atoms with Crippen LogP contribution in [0, 0.1) is 0 Å². The van der Waals surface area contributed by atoms with Gasteiger partial charge in [0, 0.05) is 27.5 Å². The molecule has 0 aliphatic heterocycles. The molecule has 0 N–H and O–H groups in total. The number of furan rings is 1. The summed E-state index contributed by atoms with van der Waals surface area (Å²) in [7, 11) is 0. The Hall–Kier alpha value is -6.39. The third kappa shape index (κ3) is 3.98. The highest BCUT2D eigenvalue weighted by molar-refractivity contribution is 6.19. The van der Waals surface area contributed by atoms with Gasteiger partial charge in [-0.25, -0.2) is 15.0 Å². The van der Waals surface area contributed by atoms with Crippen LogP contribution < -0.4 is 0 Å². The molecule has 0 saturated heterocycles. The number of rotatable bonds is 4. The molecule has 0 atom stereocenters. The summed E-state index contributed by atoms with van der Waals surface area (Å²) in [6.07, 6.45) is 0. The van der Waals surface area contributed by atoms with E-state index in [1.807, 2.05) is 72.8 Å². The van der Waals surface area contributed by atoms with E-state index in [2.05, 4.69) is 78.9 Å². The highest BCUT2D eigenvalue weighted by Gasteiger charge is 2.26. The largest absolute Gasteiger partial charge is 0.456 e. The minimum absolute atomic E-state index is 0.606. The van der Waals surface area contributed by atoms with E-state index in [9.17, 15) is 0 Å². The summed E-state index contributed by atoms with van der Waals surface area (Å²) in [5, 5.41) is 4.58. The molecule has 4 heteroatoms. The lowest BCUT2D eigenvalue weighted by atomic mass is 9.91. The molecule has 0 bridgehead atoms.